The van der Waals surface area contributed by atoms with Crippen LogP contribution in [0.2, 0.25) is 0 Å². The lowest BCUT2D eigenvalue weighted by molar-refractivity contribution is 0.133. The van der Waals surface area contributed by atoms with E-state index in [1.54, 1.807) is 0 Å². The number of hydrogen-bond donors (Lipinski definition) is 0. The van der Waals surface area contributed by atoms with Crippen LogP contribution in [-0.4, -0.2) is 32.3 Å². The van der Waals surface area contributed by atoms with Crippen LogP contribution in [-0.2, 0) is 9.47 Å². The summed E-state index contributed by atoms with van der Waals surface area (Å²) >= 11 is 0. The average molecular weight is 368 g/mol. The minimum Gasteiger partial charge on any atom is -0.479 e. The largest absolute Gasteiger partial charge is 0.479 e. The molecule has 154 valence electrons. The third kappa shape index (κ3) is 15.7. The summed E-state index contributed by atoms with van der Waals surface area (Å²) in [7, 11) is 0. The highest BCUT2D eigenvalue weighted by atomic mass is 16.5. The molecule has 0 aromatic rings. The summed E-state index contributed by atoms with van der Waals surface area (Å²) < 4.78 is 11.0. The summed E-state index contributed by atoms with van der Waals surface area (Å²) in [6, 6.07) is 0. The van der Waals surface area contributed by atoms with Crippen molar-refractivity contribution in [3.63, 3.8) is 0 Å². The highest BCUT2D eigenvalue weighted by Gasteiger charge is 2.05. The van der Waals surface area contributed by atoms with E-state index in [0.717, 1.165) is 38.7 Å². The van der Waals surface area contributed by atoms with Gasteiger partial charge in [0.25, 0.3) is 0 Å². The van der Waals surface area contributed by atoms with Crippen molar-refractivity contribution in [1.82, 2.24) is 0 Å². The van der Waals surface area contributed by atoms with E-state index in [9.17, 15) is 0 Å². The van der Waals surface area contributed by atoms with Crippen molar-refractivity contribution in [3.05, 3.63) is 0 Å². The van der Waals surface area contributed by atoms with Crippen molar-refractivity contribution in [2.45, 2.75) is 116 Å². The van der Waals surface area contributed by atoms with Crippen molar-refractivity contribution < 1.29 is 9.47 Å². The molecule has 0 N–H and O–H groups in total. The fourth-order valence-corrected chi connectivity index (χ4v) is 3.54. The second-order valence-corrected chi connectivity index (χ2v) is 7.79. The van der Waals surface area contributed by atoms with E-state index < -0.39 is 0 Å². The van der Waals surface area contributed by atoms with Gasteiger partial charge in [-0.1, -0.05) is 103 Å². The van der Waals surface area contributed by atoms with E-state index in [-0.39, 0.29) is 0 Å². The topological polar surface area (TPSA) is 30.8 Å². The fourth-order valence-electron chi connectivity index (χ4n) is 3.54. The van der Waals surface area contributed by atoms with E-state index in [1.807, 2.05) is 0 Å². The Morgan fingerprint density at radius 2 is 1.19 bits per heavy atom. The molecule has 0 amide bonds. The van der Waals surface area contributed by atoms with Crippen LogP contribution < -0.4 is 0 Å². The molecule has 0 aromatic heterocycles. The fraction of sp³-hybridized carbons (Fsp3) is 0.957. The van der Waals surface area contributed by atoms with E-state index in [2.05, 4.69) is 11.9 Å². The molecule has 0 saturated heterocycles. The molecule has 3 nitrogen and oxygen atoms in total. The number of nitrogens with zero attached hydrogens (tertiary/aromatic N) is 1. The van der Waals surface area contributed by atoms with Gasteiger partial charge in [0.1, 0.15) is 6.61 Å². The van der Waals surface area contributed by atoms with Crippen molar-refractivity contribution in [2.24, 2.45) is 4.99 Å². The molecule has 0 unspecified atom stereocenters. The zero-order valence-corrected chi connectivity index (χ0v) is 17.6. The van der Waals surface area contributed by atoms with E-state index in [1.165, 1.54) is 103 Å². The monoisotopic (exact) mass is 367 g/mol. The molecule has 0 spiro atoms. The van der Waals surface area contributed by atoms with Gasteiger partial charge in [0.05, 0.1) is 13.2 Å². The third-order valence-electron chi connectivity index (χ3n) is 5.25. The maximum atomic E-state index is 5.65. The van der Waals surface area contributed by atoms with Crippen LogP contribution in [0.5, 0.6) is 0 Å². The van der Waals surface area contributed by atoms with Crippen LogP contribution >= 0.6 is 0 Å². The molecule has 26 heavy (non-hydrogen) atoms. The van der Waals surface area contributed by atoms with Gasteiger partial charge >= 0.3 is 0 Å². The normalized spacial score (nSPS) is 13.8. The molecule has 0 atom stereocenters. The Labute approximate surface area is 163 Å². The molecule has 1 aliphatic heterocycles. The van der Waals surface area contributed by atoms with Crippen LogP contribution in [0.3, 0.4) is 0 Å². The molecule has 0 aromatic carbocycles. The number of unbranched alkanes of at least 4 members (excludes halogenated alkanes) is 15. The minimum absolute atomic E-state index is 0.758. The minimum atomic E-state index is 0.758. The SMILES string of the molecule is CCCCCCCCCCCCCCCCCCOCCC1=NCCO1. The first-order valence-corrected chi connectivity index (χ1v) is 11.7. The molecule has 1 aliphatic rings. The predicted molar refractivity (Wildman–Crippen MR) is 113 cm³/mol. The van der Waals surface area contributed by atoms with Crippen molar-refractivity contribution in [2.75, 3.05) is 26.4 Å². The Morgan fingerprint density at radius 1 is 0.692 bits per heavy atom. The van der Waals surface area contributed by atoms with Crippen molar-refractivity contribution >= 4 is 5.90 Å². The lowest BCUT2D eigenvalue weighted by Crippen LogP contribution is -2.05. The lowest BCUT2D eigenvalue weighted by atomic mass is 10.0. The Bertz CT molecular complexity index is 317. The maximum Gasteiger partial charge on any atom is 0.185 e. The number of rotatable bonds is 20. The first-order valence-electron chi connectivity index (χ1n) is 11.7. The summed E-state index contributed by atoms with van der Waals surface area (Å²) in [5.41, 5.74) is 0. The molecule has 1 rings (SSSR count). The lowest BCUT2D eigenvalue weighted by Gasteiger charge is -2.05. The Hall–Kier alpha value is -0.570. The third-order valence-corrected chi connectivity index (χ3v) is 5.25. The van der Waals surface area contributed by atoms with Gasteiger partial charge in [-0.25, -0.2) is 0 Å². The number of ether oxygens (including phenoxy) is 2. The summed E-state index contributed by atoms with van der Waals surface area (Å²) in [6.45, 7) is 5.53. The molecule has 0 saturated carbocycles. The van der Waals surface area contributed by atoms with Crippen LogP contribution in [0.4, 0.5) is 0 Å². The Kier molecular flexibility index (Phi) is 17.3. The first kappa shape index (κ1) is 23.5. The second-order valence-electron chi connectivity index (χ2n) is 7.79. The quantitative estimate of drug-likeness (QED) is 0.215. The smallest absolute Gasteiger partial charge is 0.185 e. The number of hydrogen-bond acceptors (Lipinski definition) is 3. The Morgan fingerprint density at radius 3 is 1.65 bits per heavy atom. The van der Waals surface area contributed by atoms with Gasteiger partial charge in [0.2, 0.25) is 0 Å². The molecule has 3 heteroatoms. The number of aliphatic imine (C=N–C) groups is 1. The van der Waals surface area contributed by atoms with Gasteiger partial charge in [0, 0.05) is 13.0 Å². The van der Waals surface area contributed by atoms with Gasteiger partial charge in [0.15, 0.2) is 5.90 Å². The molecule has 0 radical (unpaired) electrons. The van der Waals surface area contributed by atoms with Gasteiger partial charge < -0.3 is 9.47 Å². The zero-order valence-electron chi connectivity index (χ0n) is 17.6. The first-order chi connectivity index (χ1) is 12.9. The summed E-state index contributed by atoms with van der Waals surface area (Å²) in [5.74, 6) is 0.886. The van der Waals surface area contributed by atoms with Gasteiger partial charge in [-0.05, 0) is 6.42 Å². The molecule has 1 heterocycles. The molecule has 0 aliphatic carbocycles. The molecule has 0 bridgehead atoms. The molecular formula is C23H45NO2. The summed E-state index contributed by atoms with van der Waals surface area (Å²) in [4.78, 5) is 4.27. The standard InChI is InChI=1S/C23H45NO2/c1-2-3-4-5-6-7-8-9-10-11-12-13-14-15-16-17-20-25-21-18-23-24-19-22-26-23/h2-22H2,1H3. The van der Waals surface area contributed by atoms with Gasteiger partial charge in [-0.3, -0.25) is 4.99 Å². The van der Waals surface area contributed by atoms with Crippen LogP contribution in [0.1, 0.15) is 116 Å². The van der Waals surface area contributed by atoms with Crippen LogP contribution in [0.25, 0.3) is 0 Å². The predicted octanol–water partition coefficient (Wildman–Crippen LogP) is 7.08. The summed E-state index contributed by atoms with van der Waals surface area (Å²) in [6.07, 6.45) is 23.5. The van der Waals surface area contributed by atoms with Gasteiger partial charge in [-0.2, -0.15) is 0 Å². The van der Waals surface area contributed by atoms with E-state index >= 15 is 0 Å². The summed E-state index contributed by atoms with van der Waals surface area (Å²) in [5, 5.41) is 0. The highest BCUT2D eigenvalue weighted by Crippen LogP contribution is 2.13. The Balaban J connectivity index is 1.63. The van der Waals surface area contributed by atoms with Crippen LogP contribution in [0.15, 0.2) is 4.99 Å². The second kappa shape index (κ2) is 19.2. The zero-order chi connectivity index (χ0) is 18.5. The molecule has 0 fully saturated rings. The highest BCUT2D eigenvalue weighted by molar-refractivity contribution is 5.77. The molecular weight excluding hydrogens is 322 g/mol. The van der Waals surface area contributed by atoms with E-state index in [0.29, 0.717) is 0 Å². The van der Waals surface area contributed by atoms with Crippen molar-refractivity contribution in [1.29, 1.82) is 0 Å². The van der Waals surface area contributed by atoms with Crippen molar-refractivity contribution in [3.8, 4) is 0 Å². The average Bonchev–Trinajstić information content (AvgIpc) is 3.17. The van der Waals surface area contributed by atoms with E-state index in [4.69, 9.17) is 9.47 Å². The maximum absolute atomic E-state index is 5.65. The van der Waals surface area contributed by atoms with Gasteiger partial charge in [-0.15, -0.1) is 0 Å². The van der Waals surface area contributed by atoms with Crippen LogP contribution in [0, 0.1) is 0 Å².